The summed E-state index contributed by atoms with van der Waals surface area (Å²) < 4.78 is 2.60. The van der Waals surface area contributed by atoms with Crippen LogP contribution in [0.25, 0.3) is 11.3 Å². The number of para-hydroxylation sites is 1. The first kappa shape index (κ1) is 20.6. The number of nitrogens with zero attached hydrogens (tertiary/aromatic N) is 6. The van der Waals surface area contributed by atoms with Crippen molar-refractivity contribution < 1.29 is 14.9 Å². The predicted molar refractivity (Wildman–Crippen MR) is 106 cm³/mol. The van der Waals surface area contributed by atoms with E-state index in [9.17, 15) is 24.8 Å². The molecule has 2 aromatic heterocycles. The fourth-order valence-electron chi connectivity index (χ4n) is 3.43. The quantitative estimate of drug-likeness (QED) is 0.402. The minimum absolute atomic E-state index is 0.0492. The molecule has 31 heavy (non-hydrogen) atoms. The molecule has 1 aliphatic rings. The van der Waals surface area contributed by atoms with Crippen LogP contribution in [0, 0.1) is 10.1 Å². The van der Waals surface area contributed by atoms with E-state index < -0.39 is 22.4 Å². The summed E-state index contributed by atoms with van der Waals surface area (Å²) in [6, 6.07) is 5.97. The Hall–Kier alpha value is -3.68. The Balaban J connectivity index is 1.64. The van der Waals surface area contributed by atoms with E-state index in [1.54, 1.807) is 25.2 Å². The lowest BCUT2D eigenvalue weighted by Gasteiger charge is -2.15. The zero-order valence-electron chi connectivity index (χ0n) is 16.4. The van der Waals surface area contributed by atoms with Crippen LogP contribution in [0.2, 0.25) is 0 Å². The van der Waals surface area contributed by atoms with Crippen LogP contribution in [0.4, 0.5) is 5.69 Å². The van der Waals surface area contributed by atoms with Gasteiger partial charge in [0, 0.05) is 25.7 Å². The zero-order valence-corrected chi connectivity index (χ0v) is 16.4. The van der Waals surface area contributed by atoms with E-state index in [2.05, 4.69) is 15.3 Å². The molecule has 0 aliphatic carbocycles. The number of nitro benzene ring substituents is 1. The van der Waals surface area contributed by atoms with Crippen LogP contribution in [0.3, 0.4) is 0 Å². The Morgan fingerprint density at radius 1 is 1.32 bits per heavy atom. The highest BCUT2D eigenvalue weighted by molar-refractivity contribution is 5.54. The number of hydrogen-bond acceptors (Lipinski definition) is 9. The summed E-state index contributed by atoms with van der Waals surface area (Å²) in [6.45, 7) is -0.0612. The SMILES string of the molecule is CN1OC(n2cc(-c3cn(Cc4ccccc4[N+](=O)[O-])nn3)c(=O)[nH]c2=O)CC1CO. The summed E-state index contributed by atoms with van der Waals surface area (Å²) in [5.41, 5.74) is -0.639. The molecule has 1 aliphatic heterocycles. The summed E-state index contributed by atoms with van der Waals surface area (Å²) in [5.74, 6) is 0. The first-order chi connectivity index (χ1) is 14.9. The average Bonchev–Trinajstić information content (AvgIpc) is 3.34. The molecule has 3 heterocycles. The van der Waals surface area contributed by atoms with E-state index in [4.69, 9.17) is 4.84 Å². The Morgan fingerprint density at radius 2 is 2.10 bits per heavy atom. The van der Waals surface area contributed by atoms with Gasteiger partial charge >= 0.3 is 5.69 Å². The maximum absolute atomic E-state index is 12.4. The second-order valence-electron chi connectivity index (χ2n) is 7.07. The van der Waals surface area contributed by atoms with Gasteiger partial charge in [0.25, 0.3) is 11.2 Å². The Labute approximate surface area is 174 Å². The van der Waals surface area contributed by atoms with Crippen LogP contribution in [-0.2, 0) is 11.4 Å². The first-order valence-corrected chi connectivity index (χ1v) is 9.36. The van der Waals surface area contributed by atoms with E-state index in [0.717, 1.165) is 0 Å². The van der Waals surface area contributed by atoms with Crippen LogP contribution in [-0.4, -0.2) is 59.3 Å². The van der Waals surface area contributed by atoms with Gasteiger partial charge in [-0.1, -0.05) is 23.4 Å². The van der Waals surface area contributed by atoms with Crippen molar-refractivity contribution in [3.63, 3.8) is 0 Å². The fourth-order valence-corrected chi connectivity index (χ4v) is 3.43. The average molecular weight is 429 g/mol. The number of hydroxylamine groups is 2. The van der Waals surface area contributed by atoms with E-state index in [-0.39, 0.29) is 36.1 Å². The topological polar surface area (TPSA) is 161 Å². The van der Waals surface area contributed by atoms with Gasteiger partial charge in [-0.15, -0.1) is 5.10 Å². The standard InChI is InChI=1S/C18H19N7O6/c1-22-12(10-26)6-16(31-22)24-8-13(17(27)19-18(24)28)14-9-23(21-20-14)7-11-4-2-3-5-15(11)25(29)30/h2-5,8-9,12,16,26H,6-7,10H2,1H3,(H,19,27,28). The number of aromatic nitrogens is 5. The lowest BCUT2D eigenvalue weighted by atomic mass is 10.2. The van der Waals surface area contributed by atoms with Gasteiger partial charge in [0.2, 0.25) is 0 Å². The van der Waals surface area contributed by atoms with Crippen molar-refractivity contribution >= 4 is 5.69 Å². The monoisotopic (exact) mass is 429 g/mol. The number of likely N-dealkylation sites (N-methyl/N-ethyl adjacent to an activating group) is 1. The van der Waals surface area contributed by atoms with Crippen LogP contribution < -0.4 is 11.2 Å². The number of aromatic amines is 1. The van der Waals surface area contributed by atoms with Crippen molar-refractivity contribution in [1.29, 1.82) is 0 Å². The molecular weight excluding hydrogens is 410 g/mol. The molecule has 2 atom stereocenters. The van der Waals surface area contributed by atoms with E-state index in [0.29, 0.717) is 12.0 Å². The maximum atomic E-state index is 12.4. The number of aliphatic hydroxyl groups excluding tert-OH is 1. The number of nitrogens with one attached hydrogen (secondary N) is 1. The van der Waals surface area contributed by atoms with Crippen LogP contribution in [0.1, 0.15) is 18.2 Å². The summed E-state index contributed by atoms with van der Waals surface area (Å²) in [6.07, 6.45) is 2.45. The number of nitro groups is 1. The van der Waals surface area contributed by atoms with Crippen LogP contribution in [0.5, 0.6) is 0 Å². The van der Waals surface area contributed by atoms with Gasteiger partial charge < -0.3 is 5.11 Å². The third kappa shape index (κ3) is 4.01. The van der Waals surface area contributed by atoms with Crippen molar-refractivity contribution in [2.75, 3.05) is 13.7 Å². The van der Waals surface area contributed by atoms with Crippen molar-refractivity contribution in [1.82, 2.24) is 29.6 Å². The Kier molecular flexibility index (Phi) is 5.46. The molecule has 2 N–H and O–H groups in total. The highest BCUT2D eigenvalue weighted by Gasteiger charge is 2.32. The molecule has 1 fully saturated rings. The van der Waals surface area contributed by atoms with Crippen molar-refractivity contribution in [3.05, 3.63) is 73.2 Å². The van der Waals surface area contributed by atoms with Crippen molar-refractivity contribution in [2.45, 2.75) is 25.2 Å². The largest absolute Gasteiger partial charge is 0.395 e. The second-order valence-corrected chi connectivity index (χ2v) is 7.07. The second kappa shape index (κ2) is 8.22. The van der Waals surface area contributed by atoms with Gasteiger partial charge in [0.05, 0.1) is 41.4 Å². The summed E-state index contributed by atoms with van der Waals surface area (Å²) in [4.78, 5) is 43.2. The normalized spacial score (nSPS) is 19.0. The molecule has 0 saturated carbocycles. The molecule has 1 saturated heterocycles. The minimum atomic E-state index is -0.702. The molecule has 0 amide bonds. The lowest BCUT2D eigenvalue weighted by Crippen LogP contribution is -2.33. The molecule has 4 rings (SSSR count). The first-order valence-electron chi connectivity index (χ1n) is 9.36. The number of hydrogen-bond donors (Lipinski definition) is 2. The van der Waals surface area contributed by atoms with Gasteiger partial charge in [0.1, 0.15) is 5.69 Å². The zero-order chi connectivity index (χ0) is 22.1. The molecule has 162 valence electrons. The van der Waals surface area contributed by atoms with Crippen molar-refractivity contribution in [2.24, 2.45) is 0 Å². The summed E-state index contributed by atoms with van der Waals surface area (Å²) in [5, 5.41) is 30.0. The third-order valence-electron chi connectivity index (χ3n) is 5.10. The summed E-state index contributed by atoms with van der Waals surface area (Å²) >= 11 is 0. The number of benzene rings is 1. The van der Waals surface area contributed by atoms with Crippen molar-refractivity contribution in [3.8, 4) is 11.3 Å². The van der Waals surface area contributed by atoms with Crippen LogP contribution >= 0.6 is 0 Å². The maximum Gasteiger partial charge on any atom is 0.330 e. The predicted octanol–water partition coefficient (Wildman–Crippen LogP) is -0.122. The number of aliphatic hydroxyl groups is 1. The van der Waals surface area contributed by atoms with E-state index in [1.165, 1.54) is 32.8 Å². The minimum Gasteiger partial charge on any atom is -0.395 e. The Bertz CT molecular complexity index is 1230. The lowest BCUT2D eigenvalue weighted by molar-refractivity contribution is -0.385. The highest BCUT2D eigenvalue weighted by Crippen LogP contribution is 2.27. The molecule has 13 nitrogen and oxygen atoms in total. The molecule has 0 radical (unpaired) electrons. The van der Waals surface area contributed by atoms with Crippen LogP contribution in [0.15, 0.2) is 46.2 Å². The molecule has 2 unspecified atom stereocenters. The van der Waals surface area contributed by atoms with E-state index >= 15 is 0 Å². The van der Waals surface area contributed by atoms with Gasteiger partial charge in [-0.2, -0.15) is 5.06 Å². The van der Waals surface area contributed by atoms with Gasteiger partial charge in [-0.05, 0) is 0 Å². The highest BCUT2D eigenvalue weighted by atomic mass is 16.7. The molecule has 1 aromatic carbocycles. The number of H-pyrrole nitrogens is 1. The molecular formula is C18H19N7O6. The molecule has 0 spiro atoms. The molecule has 13 heteroatoms. The summed E-state index contributed by atoms with van der Waals surface area (Å²) in [7, 11) is 1.65. The van der Waals surface area contributed by atoms with Gasteiger partial charge in [0.15, 0.2) is 6.23 Å². The fraction of sp³-hybridized carbons (Fsp3) is 0.333. The van der Waals surface area contributed by atoms with Gasteiger partial charge in [-0.25, -0.2) is 9.48 Å². The molecule has 3 aromatic rings. The van der Waals surface area contributed by atoms with Gasteiger partial charge in [-0.3, -0.25) is 29.3 Å². The smallest absolute Gasteiger partial charge is 0.330 e. The molecule has 0 bridgehead atoms. The number of rotatable bonds is 6. The Morgan fingerprint density at radius 3 is 2.81 bits per heavy atom. The van der Waals surface area contributed by atoms with E-state index in [1.807, 2.05) is 0 Å². The third-order valence-corrected chi connectivity index (χ3v) is 5.10.